The molecule has 0 saturated carbocycles. The molecule has 2 heterocycles. The maximum Gasteiger partial charge on any atom is 0.417 e. The number of nitrogens with zero attached hydrogens (tertiary/aromatic N) is 2. The maximum absolute atomic E-state index is 13.1. The third kappa shape index (κ3) is 12.9. The van der Waals surface area contributed by atoms with Gasteiger partial charge in [-0.3, -0.25) is 19.0 Å². The van der Waals surface area contributed by atoms with Gasteiger partial charge >= 0.3 is 6.18 Å². The smallest absolute Gasteiger partial charge is 0.323 e. The quantitative estimate of drug-likeness (QED) is 0.0694. The predicted molar refractivity (Wildman–Crippen MR) is 220 cm³/mol. The van der Waals surface area contributed by atoms with Crippen LogP contribution in [0.4, 0.5) is 39.2 Å². The number of halogens is 5. The summed E-state index contributed by atoms with van der Waals surface area (Å²) in [7, 11) is -7.57. The molecule has 0 unspecified atom stereocenters. The molecule has 0 bridgehead atoms. The van der Waals surface area contributed by atoms with Gasteiger partial charge in [0.15, 0.2) is 10.3 Å². The summed E-state index contributed by atoms with van der Waals surface area (Å²) in [6.07, 6.45) is 3.05. The van der Waals surface area contributed by atoms with Crippen molar-refractivity contribution in [3.63, 3.8) is 0 Å². The first-order valence-corrected chi connectivity index (χ1v) is 21.6. The number of alkyl halides is 3. The highest BCUT2D eigenvalue weighted by atomic mass is 79.9. The molecule has 4 N–H and O–H groups in total. The standard InChI is InChI=1S/C19H13F4N3O3S2.C18H14BrN3O3S2/c20-13-3-1-12(16(11-13)19(21,22)23)2-8-17(27)25-14-4-6-15(7-5-14)31(28,29)26-18-24-9-10-30-18;19-14-4-1-13(2-5-14)3-10-17(23)21-15-6-8-16(9-7-15)27(24,25)22-18-20-11-12-26-18/h1-11H,(H,24,26)(H,25,27);1-12H,(H,20,22)(H,21,23)/b8-2+;10-3+. The van der Waals surface area contributed by atoms with E-state index in [2.05, 4.69) is 46.0 Å². The number of anilines is 4. The molecule has 2 aromatic heterocycles. The normalized spacial score (nSPS) is 11.8. The first-order chi connectivity index (χ1) is 27.5. The third-order valence-electron chi connectivity index (χ3n) is 7.20. The molecule has 0 aliphatic carbocycles. The number of aromatic nitrogens is 2. The number of hydrogen-bond acceptors (Lipinski definition) is 10. The lowest BCUT2D eigenvalue weighted by molar-refractivity contribution is -0.138. The Labute approximate surface area is 345 Å². The highest BCUT2D eigenvalue weighted by Gasteiger charge is 2.33. The number of amides is 2. The van der Waals surface area contributed by atoms with Gasteiger partial charge in [0.05, 0.1) is 15.4 Å². The zero-order valence-corrected chi connectivity index (χ0v) is 34.0. The van der Waals surface area contributed by atoms with Gasteiger partial charge in [-0.1, -0.05) is 34.1 Å². The molecule has 0 atom stereocenters. The van der Waals surface area contributed by atoms with Crippen LogP contribution >= 0.6 is 38.6 Å². The minimum atomic E-state index is -4.79. The summed E-state index contributed by atoms with van der Waals surface area (Å²) >= 11 is 5.65. The summed E-state index contributed by atoms with van der Waals surface area (Å²) in [5.41, 5.74) is 0.0206. The Balaban J connectivity index is 0.000000223. The highest BCUT2D eigenvalue weighted by molar-refractivity contribution is 9.10. The van der Waals surface area contributed by atoms with Crippen LogP contribution < -0.4 is 20.1 Å². The number of hydrogen-bond donors (Lipinski definition) is 4. The fourth-order valence-corrected chi connectivity index (χ4v) is 8.37. The number of sulfonamides is 2. The Kier molecular flexibility index (Phi) is 14.3. The van der Waals surface area contributed by atoms with Gasteiger partial charge in [-0.2, -0.15) is 13.2 Å². The highest BCUT2D eigenvalue weighted by Crippen LogP contribution is 2.33. The van der Waals surface area contributed by atoms with Crippen LogP contribution in [0.2, 0.25) is 0 Å². The first-order valence-electron chi connectivity index (χ1n) is 16.1. The summed E-state index contributed by atoms with van der Waals surface area (Å²) in [6.45, 7) is 0. The second-order valence-corrected chi connectivity index (χ2v) is 17.4. The molecular weight excluding hydrogens is 909 g/mol. The molecule has 6 rings (SSSR count). The van der Waals surface area contributed by atoms with E-state index in [0.717, 1.165) is 45.7 Å². The first kappa shape index (κ1) is 43.4. The second kappa shape index (κ2) is 19.1. The van der Waals surface area contributed by atoms with Crippen molar-refractivity contribution in [1.82, 2.24) is 9.97 Å². The van der Waals surface area contributed by atoms with Gasteiger partial charge in [0, 0.05) is 51.2 Å². The number of rotatable bonds is 12. The monoisotopic (exact) mass is 934 g/mol. The Morgan fingerprint density at radius 2 is 1.12 bits per heavy atom. The number of thiazole rings is 2. The Hall–Kier alpha value is -5.74. The average Bonchev–Trinajstić information content (AvgIpc) is 3.89. The maximum atomic E-state index is 13.1. The van der Waals surface area contributed by atoms with Crippen LogP contribution in [0, 0.1) is 5.82 Å². The Morgan fingerprint density at radius 3 is 1.55 bits per heavy atom. The molecule has 21 heteroatoms. The van der Waals surface area contributed by atoms with Crippen molar-refractivity contribution in [2.45, 2.75) is 16.0 Å². The van der Waals surface area contributed by atoms with Crippen molar-refractivity contribution in [3.8, 4) is 0 Å². The van der Waals surface area contributed by atoms with E-state index in [0.29, 0.717) is 16.9 Å². The fraction of sp³-hybridized carbons (Fsp3) is 0.0270. The van der Waals surface area contributed by atoms with E-state index in [1.165, 1.54) is 78.3 Å². The van der Waals surface area contributed by atoms with Crippen LogP contribution in [0.25, 0.3) is 12.2 Å². The van der Waals surface area contributed by atoms with Crippen LogP contribution in [-0.2, 0) is 35.8 Å². The lowest BCUT2D eigenvalue weighted by Gasteiger charge is -2.10. The molecule has 4 aromatic carbocycles. The van der Waals surface area contributed by atoms with Gasteiger partial charge < -0.3 is 10.6 Å². The molecule has 0 spiro atoms. The van der Waals surface area contributed by atoms with Crippen LogP contribution in [0.15, 0.2) is 141 Å². The molecule has 0 saturated heterocycles. The minimum Gasteiger partial charge on any atom is -0.323 e. The van der Waals surface area contributed by atoms with Crippen molar-refractivity contribution in [3.05, 3.63) is 153 Å². The van der Waals surface area contributed by atoms with Crippen LogP contribution in [0.1, 0.15) is 16.7 Å². The summed E-state index contributed by atoms with van der Waals surface area (Å²) in [5, 5.41) is 8.86. The zero-order valence-electron chi connectivity index (χ0n) is 29.1. The van der Waals surface area contributed by atoms with E-state index in [9.17, 15) is 44.0 Å². The third-order valence-corrected chi connectivity index (χ3v) is 12.1. The molecule has 2 amide bonds. The predicted octanol–water partition coefficient (Wildman–Crippen LogP) is 9.11. The van der Waals surface area contributed by atoms with E-state index in [4.69, 9.17) is 0 Å². The molecular formula is C37H27BrF4N6O6S4. The number of carbonyl (C=O) groups excluding carboxylic acids is 2. The van der Waals surface area contributed by atoms with E-state index < -0.39 is 43.5 Å². The van der Waals surface area contributed by atoms with Gasteiger partial charge in [-0.25, -0.2) is 31.2 Å². The largest absolute Gasteiger partial charge is 0.417 e. The van der Waals surface area contributed by atoms with E-state index in [1.54, 1.807) is 16.8 Å². The lowest BCUT2D eigenvalue weighted by atomic mass is 10.1. The molecule has 12 nitrogen and oxygen atoms in total. The summed E-state index contributed by atoms with van der Waals surface area (Å²) < 4.78 is 107. The molecule has 0 aliphatic heterocycles. The van der Waals surface area contributed by atoms with Crippen LogP contribution in [-0.4, -0.2) is 38.6 Å². The minimum absolute atomic E-state index is 0.0719. The Morgan fingerprint density at radius 1 is 0.655 bits per heavy atom. The van der Waals surface area contributed by atoms with Gasteiger partial charge in [-0.15, -0.1) is 22.7 Å². The molecule has 0 fully saturated rings. The van der Waals surface area contributed by atoms with E-state index >= 15 is 0 Å². The van der Waals surface area contributed by atoms with Gasteiger partial charge in [0.2, 0.25) is 11.8 Å². The van der Waals surface area contributed by atoms with Crippen LogP contribution in [0.5, 0.6) is 0 Å². The number of benzene rings is 4. The topological polar surface area (TPSA) is 176 Å². The second-order valence-electron chi connectivity index (χ2n) is 11.4. The fourth-order valence-electron chi connectivity index (χ4n) is 4.53. The average molecular weight is 936 g/mol. The lowest BCUT2D eigenvalue weighted by Crippen LogP contribution is -2.13. The molecule has 0 aliphatic rings. The van der Waals surface area contributed by atoms with Gasteiger partial charge in [-0.05, 0) is 96.1 Å². The summed E-state index contributed by atoms with van der Waals surface area (Å²) in [5.74, 6) is -2.11. The van der Waals surface area contributed by atoms with E-state index in [1.807, 2.05) is 24.3 Å². The molecule has 6 aromatic rings. The van der Waals surface area contributed by atoms with Gasteiger partial charge in [0.1, 0.15) is 5.82 Å². The number of carbonyl (C=O) groups is 2. The van der Waals surface area contributed by atoms with Crippen molar-refractivity contribution in [2.75, 3.05) is 20.1 Å². The molecule has 58 heavy (non-hydrogen) atoms. The zero-order chi connectivity index (χ0) is 41.9. The van der Waals surface area contributed by atoms with Gasteiger partial charge in [0.25, 0.3) is 20.0 Å². The Bertz CT molecular complexity index is 2630. The van der Waals surface area contributed by atoms with Crippen LogP contribution in [0.3, 0.4) is 0 Å². The van der Waals surface area contributed by atoms with Crippen molar-refractivity contribution < 1.29 is 44.0 Å². The SMILES string of the molecule is O=C(/C=C/c1ccc(Br)cc1)Nc1ccc(S(=O)(=O)Nc2nccs2)cc1.O=C(/C=C/c1ccc(F)cc1C(F)(F)F)Nc1ccc(S(=O)(=O)Nc2nccs2)cc1. The number of nitrogens with one attached hydrogen (secondary N) is 4. The van der Waals surface area contributed by atoms with Crippen molar-refractivity contribution >= 4 is 104 Å². The molecule has 300 valence electrons. The summed E-state index contributed by atoms with van der Waals surface area (Å²) in [6, 6.07) is 20.7. The van der Waals surface area contributed by atoms with Crippen molar-refractivity contribution in [1.29, 1.82) is 0 Å². The van der Waals surface area contributed by atoms with Crippen molar-refractivity contribution in [2.24, 2.45) is 0 Å². The molecule has 0 radical (unpaired) electrons. The van der Waals surface area contributed by atoms with E-state index in [-0.39, 0.29) is 32.1 Å². The summed E-state index contributed by atoms with van der Waals surface area (Å²) in [4.78, 5) is 31.8.